The van der Waals surface area contributed by atoms with Gasteiger partial charge in [0.05, 0.1) is 6.61 Å². The molecule has 2 aromatic carbocycles. The fraction of sp³-hybridized carbons (Fsp3) is 0.320. The van der Waals surface area contributed by atoms with Crippen LogP contribution in [0.25, 0.3) is 0 Å². The zero-order valence-corrected chi connectivity index (χ0v) is 20.1. The number of hydrogen-bond donors (Lipinski definition) is 2. The van der Waals surface area contributed by atoms with E-state index in [1.807, 2.05) is 55.5 Å². The standard InChI is InChI=1S/C25H29N3O4S/c1-17-5-9-19(10-6-17)32-23-15-22(27-21(28-23)13-14-31-4)26-16-18-7-11-20(12-8-18)33-25(2,3)24(29)30/h5-12,15H,13-14,16H2,1-4H3,(H,29,30)(H,26,27,28). The summed E-state index contributed by atoms with van der Waals surface area (Å²) in [6.45, 7) is 6.48. The van der Waals surface area contributed by atoms with Crippen LogP contribution in [0.4, 0.5) is 5.82 Å². The van der Waals surface area contributed by atoms with E-state index in [2.05, 4.69) is 15.3 Å². The predicted octanol–water partition coefficient (Wildman–Crippen LogP) is 5.33. The SMILES string of the molecule is COCCc1nc(NCc2ccc(SC(C)(C)C(=O)O)cc2)cc(Oc2ccc(C)cc2)n1. The number of aliphatic carboxylic acids is 1. The van der Waals surface area contributed by atoms with E-state index in [0.717, 1.165) is 16.0 Å². The molecule has 0 amide bonds. The zero-order valence-electron chi connectivity index (χ0n) is 19.3. The second kappa shape index (κ2) is 11.2. The van der Waals surface area contributed by atoms with Crippen molar-refractivity contribution in [2.45, 2.75) is 43.4 Å². The van der Waals surface area contributed by atoms with E-state index in [-0.39, 0.29) is 0 Å². The lowest BCUT2D eigenvalue weighted by Crippen LogP contribution is -2.26. The summed E-state index contributed by atoms with van der Waals surface area (Å²) in [4.78, 5) is 21.3. The number of carbonyl (C=O) groups is 1. The van der Waals surface area contributed by atoms with Crippen LogP contribution in [0, 0.1) is 6.92 Å². The molecule has 8 heteroatoms. The molecule has 0 aliphatic heterocycles. The van der Waals surface area contributed by atoms with E-state index < -0.39 is 10.7 Å². The first-order chi connectivity index (χ1) is 15.7. The Hall–Kier alpha value is -3.10. The summed E-state index contributed by atoms with van der Waals surface area (Å²) in [6.07, 6.45) is 0.571. The lowest BCUT2D eigenvalue weighted by Gasteiger charge is -2.18. The Balaban J connectivity index is 1.70. The molecule has 0 radical (unpaired) electrons. The molecule has 0 saturated carbocycles. The Morgan fingerprint density at radius 2 is 1.79 bits per heavy atom. The number of nitrogens with one attached hydrogen (secondary N) is 1. The van der Waals surface area contributed by atoms with Crippen LogP contribution in [0.1, 0.15) is 30.8 Å². The highest BCUT2D eigenvalue weighted by Crippen LogP contribution is 2.32. The van der Waals surface area contributed by atoms with E-state index >= 15 is 0 Å². The number of anilines is 1. The maximum absolute atomic E-state index is 11.3. The average Bonchev–Trinajstić information content (AvgIpc) is 2.78. The monoisotopic (exact) mass is 467 g/mol. The number of nitrogens with zero attached hydrogens (tertiary/aromatic N) is 2. The fourth-order valence-corrected chi connectivity index (χ4v) is 3.80. The molecule has 0 aliphatic rings. The quantitative estimate of drug-likeness (QED) is 0.365. The maximum atomic E-state index is 11.3. The highest BCUT2D eigenvalue weighted by molar-refractivity contribution is 8.01. The molecular weight excluding hydrogens is 438 g/mol. The van der Waals surface area contributed by atoms with Crippen molar-refractivity contribution in [3.8, 4) is 11.6 Å². The van der Waals surface area contributed by atoms with Gasteiger partial charge in [0.1, 0.15) is 22.1 Å². The summed E-state index contributed by atoms with van der Waals surface area (Å²) < 4.78 is 10.2. The molecule has 0 aliphatic carbocycles. The van der Waals surface area contributed by atoms with Gasteiger partial charge in [0.2, 0.25) is 5.88 Å². The van der Waals surface area contributed by atoms with Crippen LogP contribution in [-0.4, -0.2) is 39.5 Å². The number of aryl methyl sites for hydroxylation is 1. The lowest BCUT2D eigenvalue weighted by atomic mass is 10.2. The summed E-state index contributed by atoms with van der Waals surface area (Å²) in [5, 5.41) is 12.6. The Labute approximate surface area is 198 Å². The Kier molecular flexibility index (Phi) is 8.30. The van der Waals surface area contributed by atoms with E-state index in [0.29, 0.717) is 42.8 Å². The molecule has 0 spiro atoms. The number of carboxylic acid groups (broad SMARTS) is 1. The van der Waals surface area contributed by atoms with Crippen LogP contribution < -0.4 is 10.1 Å². The highest BCUT2D eigenvalue weighted by atomic mass is 32.2. The minimum atomic E-state index is -0.882. The van der Waals surface area contributed by atoms with E-state index in [1.54, 1.807) is 27.0 Å². The van der Waals surface area contributed by atoms with Crippen molar-refractivity contribution >= 4 is 23.5 Å². The molecule has 2 N–H and O–H groups in total. The van der Waals surface area contributed by atoms with Crippen molar-refractivity contribution in [1.29, 1.82) is 0 Å². The zero-order chi connectivity index (χ0) is 23.8. The van der Waals surface area contributed by atoms with Crippen molar-refractivity contribution in [1.82, 2.24) is 9.97 Å². The number of thioether (sulfide) groups is 1. The molecule has 1 heterocycles. The van der Waals surface area contributed by atoms with E-state index in [9.17, 15) is 9.90 Å². The first kappa shape index (κ1) is 24.5. The summed E-state index contributed by atoms with van der Waals surface area (Å²) in [5.74, 6) is 1.62. The van der Waals surface area contributed by atoms with Gasteiger partial charge >= 0.3 is 5.97 Å². The van der Waals surface area contributed by atoms with Gasteiger partial charge < -0.3 is 19.9 Å². The lowest BCUT2D eigenvalue weighted by molar-refractivity contribution is -0.138. The second-order valence-corrected chi connectivity index (χ2v) is 9.78. The number of aromatic nitrogens is 2. The van der Waals surface area contributed by atoms with E-state index in [4.69, 9.17) is 9.47 Å². The van der Waals surface area contributed by atoms with Crippen LogP contribution in [0.2, 0.25) is 0 Å². The Morgan fingerprint density at radius 3 is 2.42 bits per heavy atom. The third-order valence-corrected chi connectivity index (χ3v) is 6.00. The first-order valence-electron chi connectivity index (χ1n) is 10.6. The summed E-state index contributed by atoms with van der Waals surface area (Å²) in [7, 11) is 1.64. The fourth-order valence-electron chi connectivity index (χ4n) is 2.85. The molecule has 0 saturated heterocycles. The van der Waals surface area contributed by atoms with Crippen LogP contribution in [-0.2, 0) is 22.5 Å². The van der Waals surface area contributed by atoms with Crippen LogP contribution in [0.3, 0.4) is 0 Å². The van der Waals surface area contributed by atoms with Gasteiger partial charge in [-0.25, -0.2) is 4.98 Å². The van der Waals surface area contributed by atoms with E-state index in [1.165, 1.54) is 11.8 Å². The molecule has 3 aromatic rings. The van der Waals surface area contributed by atoms with Crippen molar-refractivity contribution < 1.29 is 19.4 Å². The molecule has 33 heavy (non-hydrogen) atoms. The van der Waals surface area contributed by atoms with Crippen molar-refractivity contribution in [3.63, 3.8) is 0 Å². The van der Waals surface area contributed by atoms with Crippen LogP contribution in [0.15, 0.2) is 59.5 Å². The molecule has 3 rings (SSSR count). The second-order valence-electron chi connectivity index (χ2n) is 8.08. The van der Waals surface area contributed by atoms with Gasteiger partial charge in [0, 0.05) is 31.0 Å². The van der Waals surface area contributed by atoms with Gasteiger partial charge in [-0.15, -0.1) is 11.8 Å². The molecule has 0 fully saturated rings. The van der Waals surface area contributed by atoms with Gasteiger partial charge in [-0.1, -0.05) is 29.8 Å². The maximum Gasteiger partial charge on any atom is 0.319 e. The van der Waals surface area contributed by atoms with Crippen LogP contribution >= 0.6 is 11.8 Å². The molecule has 0 atom stereocenters. The molecule has 0 unspecified atom stereocenters. The molecular formula is C25H29N3O4S. The van der Waals surface area contributed by atoms with Gasteiger partial charge in [-0.3, -0.25) is 4.79 Å². The molecule has 7 nitrogen and oxygen atoms in total. The van der Waals surface area contributed by atoms with Crippen molar-refractivity contribution in [3.05, 3.63) is 71.5 Å². The summed E-state index contributed by atoms with van der Waals surface area (Å²) in [5.41, 5.74) is 2.20. The Morgan fingerprint density at radius 1 is 1.09 bits per heavy atom. The largest absolute Gasteiger partial charge is 0.480 e. The van der Waals surface area contributed by atoms with Gasteiger partial charge in [0.25, 0.3) is 0 Å². The summed E-state index contributed by atoms with van der Waals surface area (Å²) in [6, 6.07) is 17.4. The van der Waals surface area contributed by atoms with Gasteiger partial charge in [-0.2, -0.15) is 4.98 Å². The normalized spacial score (nSPS) is 11.3. The topological polar surface area (TPSA) is 93.6 Å². The van der Waals surface area contributed by atoms with Gasteiger partial charge in [-0.05, 0) is 50.6 Å². The highest BCUT2D eigenvalue weighted by Gasteiger charge is 2.28. The number of hydrogen-bond acceptors (Lipinski definition) is 7. The smallest absolute Gasteiger partial charge is 0.319 e. The minimum absolute atomic E-state index is 0.463. The number of ether oxygens (including phenoxy) is 2. The average molecular weight is 468 g/mol. The molecule has 174 valence electrons. The predicted molar refractivity (Wildman–Crippen MR) is 130 cm³/mol. The van der Waals surface area contributed by atoms with Crippen molar-refractivity contribution in [2.75, 3.05) is 19.0 Å². The number of methoxy groups -OCH3 is 1. The number of benzene rings is 2. The third-order valence-electron chi connectivity index (χ3n) is 4.81. The molecule has 0 bridgehead atoms. The molecule has 1 aromatic heterocycles. The Bertz CT molecular complexity index is 1070. The number of carboxylic acids is 1. The third kappa shape index (κ3) is 7.47. The van der Waals surface area contributed by atoms with Gasteiger partial charge in [0.15, 0.2) is 0 Å². The number of rotatable bonds is 11. The first-order valence-corrected chi connectivity index (χ1v) is 11.4. The summed E-state index contributed by atoms with van der Waals surface area (Å²) >= 11 is 1.32. The minimum Gasteiger partial charge on any atom is -0.480 e. The van der Waals surface area contributed by atoms with Crippen LogP contribution in [0.5, 0.6) is 11.6 Å². The van der Waals surface area contributed by atoms with Crippen molar-refractivity contribution in [2.24, 2.45) is 0 Å².